The molecular weight excluding hydrogens is 262 g/mol. The van der Waals surface area contributed by atoms with Crippen LogP contribution in [0, 0.1) is 0 Å². The number of imidazole rings is 1. The molecule has 0 radical (unpaired) electrons. The van der Waals surface area contributed by atoms with E-state index < -0.39 is 0 Å². The summed E-state index contributed by atoms with van der Waals surface area (Å²) in [5.74, 6) is 1.13. The Balaban J connectivity index is 1.77. The summed E-state index contributed by atoms with van der Waals surface area (Å²) >= 11 is 0. The third-order valence-corrected chi connectivity index (χ3v) is 4.72. The third kappa shape index (κ3) is 2.19. The average Bonchev–Trinajstić information content (AvgIpc) is 2.87. The Labute approximate surface area is 125 Å². The van der Waals surface area contributed by atoms with Gasteiger partial charge in [0, 0.05) is 43.9 Å². The molecule has 1 N–H and O–H groups in total. The molecule has 0 bridgehead atoms. The van der Waals surface area contributed by atoms with Crippen LogP contribution in [0.15, 0.2) is 30.3 Å². The number of methoxy groups -OCH3 is 1. The Bertz CT molecular complexity index is 629. The van der Waals surface area contributed by atoms with Crippen molar-refractivity contribution >= 4 is 0 Å². The number of rotatable bonds is 3. The molecule has 1 aromatic heterocycles. The van der Waals surface area contributed by atoms with E-state index in [-0.39, 0.29) is 0 Å². The first kappa shape index (κ1) is 13.0. The van der Waals surface area contributed by atoms with Crippen molar-refractivity contribution in [1.82, 2.24) is 14.9 Å². The van der Waals surface area contributed by atoms with E-state index in [0.29, 0.717) is 12.1 Å². The lowest BCUT2D eigenvalue weighted by Crippen LogP contribution is -2.35. The fraction of sp³-hybridized carbons (Fsp3) is 0.471. The summed E-state index contributed by atoms with van der Waals surface area (Å²) in [6, 6.07) is 11.1. The Morgan fingerprint density at radius 2 is 2.05 bits per heavy atom. The minimum absolute atomic E-state index is 0.415. The van der Waals surface area contributed by atoms with Crippen molar-refractivity contribution < 1.29 is 4.74 Å². The first-order valence-electron chi connectivity index (χ1n) is 7.75. The predicted octanol–water partition coefficient (Wildman–Crippen LogP) is 2.55. The van der Waals surface area contributed by atoms with E-state index in [1.807, 2.05) is 7.11 Å². The van der Waals surface area contributed by atoms with Crippen molar-refractivity contribution in [3.8, 4) is 11.4 Å². The second kappa shape index (κ2) is 5.28. The van der Waals surface area contributed by atoms with Crippen LogP contribution in [0.25, 0.3) is 11.4 Å². The molecule has 4 rings (SSSR count). The maximum atomic E-state index is 5.46. The Hall–Kier alpha value is -1.65. The van der Waals surface area contributed by atoms with Gasteiger partial charge in [0.05, 0.1) is 11.8 Å². The average molecular weight is 283 g/mol. The maximum absolute atomic E-state index is 5.46. The fourth-order valence-electron chi connectivity index (χ4n) is 3.46. The van der Waals surface area contributed by atoms with E-state index in [1.54, 1.807) is 0 Å². The summed E-state index contributed by atoms with van der Waals surface area (Å²) in [6.45, 7) is 1.94. The van der Waals surface area contributed by atoms with Crippen LogP contribution in [-0.4, -0.2) is 29.3 Å². The molecule has 0 saturated heterocycles. The molecule has 1 aliphatic carbocycles. The SMILES string of the molecule is COC1CC(n2c(-c3ccccc3)nc3c2CCNC3)C1. The smallest absolute Gasteiger partial charge is 0.140 e. The zero-order valence-corrected chi connectivity index (χ0v) is 12.4. The molecular formula is C17H21N3O. The largest absolute Gasteiger partial charge is 0.381 e. The maximum Gasteiger partial charge on any atom is 0.140 e. The molecule has 1 fully saturated rings. The molecule has 1 aromatic carbocycles. The number of ether oxygens (including phenoxy) is 1. The number of benzene rings is 1. The first-order chi connectivity index (χ1) is 10.4. The minimum Gasteiger partial charge on any atom is -0.381 e. The normalized spacial score (nSPS) is 24.4. The molecule has 2 aromatic rings. The van der Waals surface area contributed by atoms with Crippen LogP contribution in [0.3, 0.4) is 0 Å². The summed E-state index contributed by atoms with van der Waals surface area (Å²) in [7, 11) is 1.81. The third-order valence-electron chi connectivity index (χ3n) is 4.72. The van der Waals surface area contributed by atoms with Crippen LogP contribution in [0.4, 0.5) is 0 Å². The van der Waals surface area contributed by atoms with Gasteiger partial charge in [0.2, 0.25) is 0 Å². The summed E-state index contributed by atoms with van der Waals surface area (Å²) in [6.07, 6.45) is 3.70. The molecule has 0 atom stereocenters. The van der Waals surface area contributed by atoms with Crippen molar-refractivity contribution in [3.05, 3.63) is 41.7 Å². The highest BCUT2D eigenvalue weighted by molar-refractivity contribution is 5.57. The standard InChI is InChI=1S/C17H21N3O/c1-21-14-9-13(10-14)20-16-7-8-18-11-15(16)19-17(20)12-5-3-2-4-6-12/h2-6,13-14,18H,7-11H2,1H3. The van der Waals surface area contributed by atoms with E-state index in [9.17, 15) is 0 Å². The lowest BCUT2D eigenvalue weighted by molar-refractivity contribution is 0.00587. The highest BCUT2D eigenvalue weighted by atomic mass is 16.5. The highest BCUT2D eigenvalue weighted by Gasteiger charge is 2.35. The lowest BCUT2D eigenvalue weighted by atomic mass is 9.88. The quantitative estimate of drug-likeness (QED) is 0.941. The lowest BCUT2D eigenvalue weighted by Gasteiger charge is -2.37. The zero-order chi connectivity index (χ0) is 14.2. The van der Waals surface area contributed by atoms with Gasteiger partial charge in [-0.1, -0.05) is 30.3 Å². The van der Waals surface area contributed by atoms with E-state index in [1.165, 1.54) is 17.0 Å². The van der Waals surface area contributed by atoms with Crippen LogP contribution in [0.2, 0.25) is 0 Å². The van der Waals surface area contributed by atoms with Gasteiger partial charge in [0.25, 0.3) is 0 Å². The fourth-order valence-corrected chi connectivity index (χ4v) is 3.46. The molecule has 21 heavy (non-hydrogen) atoms. The van der Waals surface area contributed by atoms with Gasteiger partial charge < -0.3 is 14.6 Å². The van der Waals surface area contributed by atoms with Gasteiger partial charge in [-0.15, -0.1) is 0 Å². The topological polar surface area (TPSA) is 39.1 Å². The number of nitrogens with zero attached hydrogens (tertiary/aromatic N) is 2. The predicted molar refractivity (Wildman–Crippen MR) is 82.1 cm³/mol. The van der Waals surface area contributed by atoms with Gasteiger partial charge >= 0.3 is 0 Å². The van der Waals surface area contributed by atoms with Crippen LogP contribution >= 0.6 is 0 Å². The summed E-state index contributed by atoms with van der Waals surface area (Å²) in [5, 5.41) is 3.43. The first-order valence-corrected chi connectivity index (χ1v) is 7.75. The Morgan fingerprint density at radius 1 is 1.24 bits per heavy atom. The van der Waals surface area contributed by atoms with E-state index >= 15 is 0 Å². The monoisotopic (exact) mass is 283 g/mol. The number of hydrogen-bond acceptors (Lipinski definition) is 3. The second-order valence-corrected chi connectivity index (χ2v) is 5.97. The Kier molecular flexibility index (Phi) is 3.28. The van der Waals surface area contributed by atoms with Crippen LogP contribution in [0.5, 0.6) is 0 Å². The van der Waals surface area contributed by atoms with E-state index in [4.69, 9.17) is 9.72 Å². The molecule has 4 heteroatoms. The Morgan fingerprint density at radius 3 is 2.81 bits per heavy atom. The molecule has 2 heterocycles. The van der Waals surface area contributed by atoms with Crippen molar-refractivity contribution in [2.75, 3.05) is 13.7 Å². The summed E-state index contributed by atoms with van der Waals surface area (Å²) in [4.78, 5) is 4.93. The minimum atomic E-state index is 0.415. The number of aromatic nitrogens is 2. The summed E-state index contributed by atoms with van der Waals surface area (Å²) < 4.78 is 7.95. The van der Waals surface area contributed by atoms with Gasteiger partial charge in [-0.2, -0.15) is 0 Å². The van der Waals surface area contributed by atoms with Crippen molar-refractivity contribution in [2.45, 2.75) is 38.0 Å². The van der Waals surface area contributed by atoms with Crippen LogP contribution in [-0.2, 0) is 17.7 Å². The van der Waals surface area contributed by atoms with Crippen molar-refractivity contribution in [2.24, 2.45) is 0 Å². The van der Waals surface area contributed by atoms with Gasteiger partial charge in [-0.3, -0.25) is 0 Å². The van der Waals surface area contributed by atoms with Crippen LogP contribution in [0.1, 0.15) is 30.3 Å². The molecule has 0 spiro atoms. The van der Waals surface area contributed by atoms with E-state index in [2.05, 4.69) is 40.2 Å². The van der Waals surface area contributed by atoms with Crippen molar-refractivity contribution in [3.63, 3.8) is 0 Å². The number of hydrogen-bond donors (Lipinski definition) is 1. The van der Waals surface area contributed by atoms with Gasteiger partial charge in [-0.05, 0) is 12.8 Å². The van der Waals surface area contributed by atoms with Gasteiger partial charge in [0.15, 0.2) is 0 Å². The second-order valence-electron chi connectivity index (χ2n) is 5.97. The van der Waals surface area contributed by atoms with Gasteiger partial charge in [0.1, 0.15) is 5.82 Å². The number of fused-ring (bicyclic) bond motifs is 1. The summed E-state index contributed by atoms with van der Waals surface area (Å²) in [5.41, 5.74) is 3.86. The van der Waals surface area contributed by atoms with Crippen molar-refractivity contribution in [1.29, 1.82) is 0 Å². The molecule has 0 amide bonds. The van der Waals surface area contributed by atoms with Gasteiger partial charge in [-0.25, -0.2) is 4.98 Å². The highest BCUT2D eigenvalue weighted by Crippen LogP contribution is 2.39. The number of nitrogens with one attached hydrogen (secondary N) is 1. The molecule has 1 aliphatic heterocycles. The van der Waals surface area contributed by atoms with Crippen LogP contribution < -0.4 is 5.32 Å². The zero-order valence-electron chi connectivity index (χ0n) is 12.4. The molecule has 4 nitrogen and oxygen atoms in total. The molecule has 0 unspecified atom stereocenters. The molecule has 2 aliphatic rings. The van der Waals surface area contributed by atoms with E-state index in [0.717, 1.165) is 38.2 Å². The molecule has 1 saturated carbocycles. The molecule has 110 valence electrons.